The van der Waals surface area contributed by atoms with Gasteiger partial charge in [0, 0.05) is 12.6 Å². The molecule has 1 spiro atoms. The Labute approximate surface area is 134 Å². The summed E-state index contributed by atoms with van der Waals surface area (Å²) in [5.41, 5.74) is 4.35. The predicted molar refractivity (Wildman–Crippen MR) is 89.5 cm³/mol. The molecule has 1 unspecified atom stereocenters. The number of fused-ring (bicyclic) bond motifs is 2. The second-order valence-electron chi connectivity index (χ2n) is 5.96. The minimum absolute atomic E-state index is 0.178. The topological polar surface area (TPSA) is 15.6 Å². The van der Waals surface area contributed by atoms with Crippen LogP contribution in [-0.2, 0) is 11.3 Å². The lowest BCUT2D eigenvalue weighted by atomic mass is 10.1. The Kier molecular flexibility index (Phi) is 3.05. The third-order valence-electron chi connectivity index (χ3n) is 4.55. The molecule has 2 aromatic carbocycles. The smallest absolute Gasteiger partial charge is 0.134 e. The average molecular weight is 312 g/mol. The Morgan fingerprint density at radius 3 is 2.91 bits per heavy atom. The zero-order valence-electron chi connectivity index (χ0n) is 12.6. The van der Waals surface area contributed by atoms with Crippen molar-refractivity contribution in [3.8, 4) is 0 Å². The molecule has 1 aliphatic carbocycles. The third kappa shape index (κ3) is 1.90. The van der Waals surface area contributed by atoms with Crippen LogP contribution in [0.3, 0.4) is 0 Å². The van der Waals surface area contributed by atoms with E-state index in [9.17, 15) is 4.39 Å². The molecule has 2 nitrogen and oxygen atoms in total. The predicted octanol–water partition coefficient (Wildman–Crippen LogP) is 4.27. The number of thioether (sulfide) groups is 1. The minimum Gasteiger partial charge on any atom is -0.278 e. The van der Waals surface area contributed by atoms with E-state index >= 15 is 0 Å². The van der Waals surface area contributed by atoms with Crippen molar-refractivity contribution in [2.45, 2.75) is 24.6 Å². The van der Waals surface area contributed by atoms with Gasteiger partial charge in [-0.1, -0.05) is 47.7 Å². The van der Waals surface area contributed by atoms with Gasteiger partial charge in [-0.05, 0) is 43.0 Å². The summed E-state index contributed by atoms with van der Waals surface area (Å²) in [7, 11) is 2.00. The van der Waals surface area contributed by atoms with E-state index < -0.39 is 0 Å². The van der Waals surface area contributed by atoms with E-state index in [-0.39, 0.29) is 10.7 Å². The van der Waals surface area contributed by atoms with Crippen LogP contribution in [0.2, 0.25) is 0 Å². The molecule has 1 heterocycles. The molecular weight excluding hydrogens is 295 g/mol. The maximum atomic E-state index is 14.2. The highest BCUT2D eigenvalue weighted by Crippen LogP contribution is 2.53. The summed E-state index contributed by atoms with van der Waals surface area (Å²) >= 11 is 1.68. The number of rotatable bonds is 1. The molecule has 0 saturated heterocycles. The molecule has 2 aliphatic rings. The number of hydrogen-bond acceptors (Lipinski definition) is 3. The van der Waals surface area contributed by atoms with Crippen molar-refractivity contribution in [1.82, 2.24) is 5.01 Å². The van der Waals surface area contributed by atoms with Gasteiger partial charge in [0.25, 0.3) is 0 Å². The van der Waals surface area contributed by atoms with Gasteiger partial charge in [0.2, 0.25) is 0 Å². The largest absolute Gasteiger partial charge is 0.278 e. The van der Waals surface area contributed by atoms with Crippen LogP contribution in [0.15, 0.2) is 47.6 Å². The minimum atomic E-state index is -0.200. The molecule has 0 saturated carbocycles. The fourth-order valence-electron chi connectivity index (χ4n) is 3.38. The molecular formula is C18H17FN2S. The molecule has 0 N–H and O–H groups in total. The van der Waals surface area contributed by atoms with Crippen LogP contribution in [0, 0.1) is 12.7 Å². The number of nitrogens with zero attached hydrogens (tertiary/aromatic N) is 2. The lowest BCUT2D eigenvalue weighted by molar-refractivity contribution is 0.230. The molecule has 22 heavy (non-hydrogen) atoms. The molecule has 1 atom stereocenters. The summed E-state index contributed by atoms with van der Waals surface area (Å²) < 4.78 is 14.2. The lowest BCUT2D eigenvalue weighted by Gasteiger charge is -2.31. The van der Waals surface area contributed by atoms with Gasteiger partial charge in [0.1, 0.15) is 15.7 Å². The van der Waals surface area contributed by atoms with Gasteiger partial charge >= 0.3 is 0 Å². The first-order valence-corrected chi connectivity index (χ1v) is 8.28. The maximum Gasteiger partial charge on any atom is 0.134 e. The highest BCUT2D eigenvalue weighted by Gasteiger charge is 2.48. The van der Waals surface area contributed by atoms with Gasteiger partial charge < -0.3 is 0 Å². The molecule has 0 fully saturated rings. The first-order valence-electron chi connectivity index (χ1n) is 7.46. The van der Waals surface area contributed by atoms with Crippen LogP contribution in [0.4, 0.5) is 4.39 Å². The number of hydrogen-bond donors (Lipinski definition) is 0. The first-order chi connectivity index (χ1) is 10.6. The zero-order valence-corrected chi connectivity index (χ0v) is 13.5. The third-order valence-corrected chi connectivity index (χ3v) is 6.07. The van der Waals surface area contributed by atoms with E-state index in [2.05, 4.69) is 29.4 Å². The van der Waals surface area contributed by atoms with Gasteiger partial charge in [-0.2, -0.15) is 5.10 Å². The van der Waals surface area contributed by atoms with Crippen molar-refractivity contribution in [1.29, 1.82) is 0 Å². The summed E-state index contributed by atoms with van der Waals surface area (Å²) in [6.07, 6.45) is 2.06. The fraction of sp³-hybridized carbons (Fsp3) is 0.278. The van der Waals surface area contributed by atoms with Crippen LogP contribution in [-0.4, -0.2) is 17.1 Å². The molecule has 4 heteroatoms. The van der Waals surface area contributed by atoms with E-state index in [0.717, 1.165) is 23.4 Å². The van der Waals surface area contributed by atoms with Crippen molar-refractivity contribution >= 4 is 16.8 Å². The van der Waals surface area contributed by atoms with E-state index in [0.29, 0.717) is 5.56 Å². The number of halogens is 1. The maximum absolute atomic E-state index is 14.2. The van der Waals surface area contributed by atoms with Crippen molar-refractivity contribution < 1.29 is 4.39 Å². The molecule has 0 aromatic heterocycles. The Balaban J connectivity index is 1.76. The van der Waals surface area contributed by atoms with E-state index in [4.69, 9.17) is 0 Å². The Hall–Kier alpha value is -1.81. The molecule has 0 radical (unpaired) electrons. The summed E-state index contributed by atoms with van der Waals surface area (Å²) in [4.78, 5) is -0.178. The van der Waals surface area contributed by atoms with Crippen LogP contribution in [0.5, 0.6) is 0 Å². The quantitative estimate of drug-likeness (QED) is 0.781. The van der Waals surface area contributed by atoms with Gasteiger partial charge in [-0.3, -0.25) is 5.01 Å². The second-order valence-corrected chi connectivity index (χ2v) is 7.22. The zero-order chi connectivity index (χ0) is 15.3. The van der Waals surface area contributed by atoms with Gasteiger partial charge in [0.15, 0.2) is 0 Å². The Morgan fingerprint density at radius 2 is 2.05 bits per heavy atom. The highest BCUT2D eigenvalue weighted by atomic mass is 32.2. The van der Waals surface area contributed by atoms with Crippen LogP contribution in [0.1, 0.15) is 28.7 Å². The molecule has 2 aromatic rings. The van der Waals surface area contributed by atoms with Crippen molar-refractivity contribution in [2.24, 2.45) is 5.10 Å². The molecule has 0 bridgehead atoms. The van der Waals surface area contributed by atoms with Crippen LogP contribution in [0.25, 0.3) is 0 Å². The standard InChI is InChI=1S/C18H17FN2S/c1-12-7-8-16(19)14(11-12)17-20-21(2)18(22-17)10-9-13-5-3-4-6-15(13)18/h3-8,11H,9-10H2,1-2H3. The molecule has 1 aliphatic heterocycles. The summed E-state index contributed by atoms with van der Waals surface area (Å²) in [5, 5.41) is 7.46. The molecule has 4 rings (SSSR count). The van der Waals surface area contributed by atoms with Crippen LogP contribution < -0.4 is 0 Å². The second kappa shape index (κ2) is 4.85. The van der Waals surface area contributed by atoms with E-state index in [1.807, 2.05) is 25.0 Å². The lowest BCUT2D eigenvalue weighted by Crippen LogP contribution is -2.31. The van der Waals surface area contributed by atoms with Crippen molar-refractivity contribution in [3.05, 3.63) is 70.5 Å². The van der Waals surface area contributed by atoms with E-state index in [1.165, 1.54) is 17.2 Å². The van der Waals surface area contributed by atoms with E-state index in [1.54, 1.807) is 17.8 Å². The number of benzene rings is 2. The number of hydrazone groups is 1. The Morgan fingerprint density at radius 1 is 1.23 bits per heavy atom. The monoisotopic (exact) mass is 312 g/mol. The van der Waals surface area contributed by atoms with Gasteiger partial charge in [0.05, 0.1) is 0 Å². The van der Waals surface area contributed by atoms with Crippen molar-refractivity contribution in [2.75, 3.05) is 7.05 Å². The fourth-order valence-corrected chi connectivity index (χ4v) is 4.81. The first kappa shape index (κ1) is 13.8. The summed E-state index contributed by atoms with van der Waals surface area (Å²) in [6, 6.07) is 13.7. The number of aryl methyl sites for hydroxylation is 2. The molecule has 0 amide bonds. The normalized spacial score (nSPS) is 23.0. The summed E-state index contributed by atoms with van der Waals surface area (Å²) in [6.45, 7) is 1.98. The van der Waals surface area contributed by atoms with Gasteiger partial charge in [-0.15, -0.1) is 0 Å². The average Bonchev–Trinajstić information content (AvgIpc) is 3.05. The Bertz CT molecular complexity index is 786. The SMILES string of the molecule is Cc1ccc(F)c(C2=NN(C)C3(CCc4ccccc43)S2)c1. The molecule has 112 valence electrons. The van der Waals surface area contributed by atoms with Crippen molar-refractivity contribution in [3.63, 3.8) is 0 Å². The summed E-state index contributed by atoms with van der Waals surface area (Å²) in [5.74, 6) is -0.200. The highest BCUT2D eigenvalue weighted by molar-refractivity contribution is 8.15. The van der Waals surface area contributed by atoms with Gasteiger partial charge in [-0.25, -0.2) is 4.39 Å². The van der Waals surface area contributed by atoms with Crippen LogP contribution >= 0.6 is 11.8 Å².